The molecule has 3 nitrogen and oxygen atoms in total. The van der Waals surface area contributed by atoms with Crippen LogP contribution in [0.25, 0.3) is 6.08 Å². The Morgan fingerprint density at radius 1 is 1.05 bits per heavy atom. The van der Waals surface area contributed by atoms with E-state index in [0.717, 1.165) is 0 Å². The van der Waals surface area contributed by atoms with Crippen LogP contribution in [0.4, 0.5) is 4.39 Å². The number of fused-ring (bicyclic) bond motifs is 1. The largest absolute Gasteiger partial charge is 0.289 e. The van der Waals surface area contributed by atoms with Gasteiger partial charge in [-0.25, -0.2) is 12.8 Å². The van der Waals surface area contributed by atoms with Crippen molar-refractivity contribution in [3.05, 3.63) is 71.0 Å². The van der Waals surface area contributed by atoms with E-state index in [0.29, 0.717) is 5.56 Å². The molecule has 2 aromatic carbocycles. The molecule has 1 aliphatic heterocycles. The number of hydrogen-bond donors (Lipinski definition) is 0. The first kappa shape index (κ1) is 13.7. The number of hydrogen-bond acceptors (Lipinski definition) is 3. The molecule has 0 amide bonds. The van der Waals surface area contributed by atoms with Crippen molar-refractivity contribution in [2.24, 2.45) is 0 Å². The van der Waals surface area contributed by atoms with Gasteiger partial charge in [-0.3, -0.25) is 4.79 Å². The van der Waals surface area contributed by atoms with Crippen molar-refractivity contribution >= 4 is 21.7 Å². The van der Waals surface area contributed by atoms with Crippen LogP contribution in [0.15, 0.2) is 59.0 Å². The van der Waals surface area contributed by atoms with E-state index in [1.165, 1.54) is 36.4 Å². The van der Waals surface area contributed by atoms with Gasteiger partial charge in [0.1, 0.15) is 5.82 Å². The minimum Gasteiger partial charge on any atom is -0.289 e. The van der Waals surface area contributed by atoms with Gasteiger partial charge in [-0.1, -0.05) is 24.3 Å². The Morgan fingerprint density at radius 3 is 2.57 bits per heavy atom. The number of halogens is 1. The summed E-state index contributed by atoms with van der Waals surface area (Å²) in [6.07, 6.45) is 1.43. The highest BCUT2D eigenvalue weighted by Gasteiger charge is 2.32. The molecule has 1 aliphatic rings. The van der Waals surface area contributed by atoms with Crippen LogP contribution in [-0.4, -0.2) is 20.0 Å². The number of carbonyl (C=O) groups excluding carboxylic acids is 1. The first-order valence-corrected chi connectivity index (χ1v) is 7.95. The number of ketones is 1. The number of Topliss-reactive ketones (excluding diaryl/α,β-unsaturated/α-hetero) is 1. The second-order valence-electron chi connectivity index (χ2n) is 4.81. The van der Waals surface area contributed by atoms with E-state index in [9.17, 15) is 17.6 Å². The van der Waals surface area contributed by atoms with Crippen LogP contribution in [0.2, 0.25) is 0 Å². The van der Waals surface area contributed by atoms with Gasteiger partial charge in [-0.15, -0.1) is 0 Å². The fourth-order valence-corrected chi connectivity index (χ4v) is 3.91. The molecule has 106 valence electrons. The summed E-state index contributed by atoms with van der Waals surface area (Å²) < 4.78 is 37.6. The van der Waals surface area contributed by atoms with Crippen molar-refractivity contribution in [2.45, 2.75) is 4.90 Å². The quantitative estimate of drug-likeness (QED) is 0.761. The lowest BCUT2D eigenvalue weighted by molar-refractivity contribution is 0.103. The van der Waals surface area contributed by atoms with E-state index < -0.39 is 15.7 Å². The molecule has 0 spiro atoms. The molecular formula is C16H11FO3S. The van der Waals surface area contributed by atoms with Crippen molar-refractivity contribution in [2.75, 3.05) is 5.75 Å². The molecule has 5 heteroatoms. The van der Waals surface area contributed by atoms with Crippen LogP contribution in [-0.2, 0) is 9.84 Å². The molecule has 0 N–H and O–H groups in total. The van der Waals surface area contributed by atoms with Crippen LogP contribution in [0.3, 0.4) is 0 Å². The second-order valence-corrected chi connectivity index (χ2v) is 6.77. The summed E-state index contributed by atoms with van der Waals surface area (Å²) in [4.78, 5) is 12.4. The Hall–Kier alpha value is -2.27. The third-order valence-electron chi connectivity index (χ3n) is 3.29. The van der Waals surface area contributed by atoms with E-state index in [4.69, 9.17) is 0 Å². The van der Waals surface area contributed by atoms with E-state index in [2.05, 4.69) is 0 Å². The summed E-state index contributed by atoms with van der Waals surface area (Å²) in [5, 5.41) is 0. The molecule has 0 aromatic heterocycles. The van der Waals surface area contributed by atoms with Crippen LogP contribution >= 0.6 is 0 Å². The zero-order valence-corrected chi connectivity index (χ0v) is 11.7. The zero-order chi connectivity index (χ0) is 15.0. The molecular weight excluding hydrogens is 291 g/mol. The molecule has 0 aliphatic carbocycles. The summed E-state index contributed by atoms with van der Waals surface area (Å²) in [5.74, 6) is -1.13. The molecule has 0 atom stereocenters. The minimum atomic E-state index is -3.54. The van der Waals surface area contributed by atoms with Gasteiger partial charge in [0.25, 0.3) is 0 Å². The van der Waals surface area contributed by atoms with Gasteiger partial charge in [0.15, 0.2) is 15.6 Å². The number of carbonyl (C=O) groups is 1. The van der Waals surface area contributed by atoms with Gasteiger partial charge in [0.2, 0.25) is 0 Å². The zero-order valence-electron chi connectivity index (χ0n) is 10.9. The smallest absolute Gasteiger partial charge is 0.191 e. The van der Waals surface area contributed by atoms with Crippen LogP contribution < -0.4 is 0 Å². The highest BCUT2D eigenvalue weighted by atomic mass is 32.2. The highest BCUT2D eigenvalue weighted by Crippen LogP contribution is 2.28. The van der Waals surface area contributed by atoms with Crippen molar-refractivity contribution in [1.29, 1.82) is 0 Å². The molecule has 0 unspecified atom stereocenters. The van der Waals surface area contributed by atoms with E-state index >= 15 is 0 Å². The molecule has 1 heterocycles. The van der Waals surface area contributed by atoms with Gasteiger partial charge in [-0.05, 0) is 35.9 Å². The van der Waals surface area contributed by atoms with Gasteiger partial charge in [0, 0.05) is 11.1 Å². The standard InChI is InChI=1S/C16H11FO3S/c17-13-5-3-4-11(9-13)8-12-10-21(19,20)15-7-2-1-6-14(15)16(12)18/h1-9H,10H2/b12-8-. The Balaban J connectivity index is 2.13. The average Bonchev–Trinajstić information content (AvgIpc) is 2.44. The maximum absolute atomic E-state index is 13.2. The van der Waals surface area contributed by atoms with Gasteiger partial charge in [0.05, 0.1) is 10.6 Å². The Kier molecular flexibility index (Phi) is 3.22. The highest BCUT2D eigenvalue weighted by molar-refractivity contribution is 7.91. The monoisotopic (exact) mass is 302 g/mol. The van der Waals surface area contributed by atoms with Crippen molar-refractivity contribution in [3.8, 4) is 0 Å². The van der Waals surface area contributed by atoms with Crippen LogP contribution in [0.1, 0.15) is 15.9 Å². The first-order chi connectivity index (χ1) is 9.97. The number of sulfone groups is 1. The SMILES string of the molecule is O=C1/C(=C\c2cccc(F)c2)CS(=O)(=O)c2ccccc21. The molecule has 0 saturated heterocycles. The third kappa shape index (κ3) is 2.52. The van der Waals surface area contributed by atoms with Gasteiger partial charge in [-0.2, -0.15) is 0 Å². The van der Waals surface area contributed by atoms with E-state index in [1.54, 1.807) is 18.2 Å². The topological polar surface area (TPSA) is 51.2 Å². The fourth-order valence-electron chi connectivity index (χ4n) is 2.35. The summed E-state index contributed by atoms with van der Waals surface area (Å²) in [6.45, 7) is 0. The minimum absolute atomic E-state index is 0.0615. The second kappa shape index (κ2) is 4.93. The Morgan fingerprint density at radius 2 is 1.81 bits per heavy atom. The predicted molar refractivity (Wildman–Crippen MR) is 77.2 cm³/mol. The van der Waals surface area contributed by atoms with Crippen molar-refractivity contribution < 1.29 is 17.6 Å². The molecule has 0 bridgehead atoms. The summed E-state index contributed by atoms with van der Waals surface area (Å²) in [6, 6.07) is 11.8. The maximum Gasteiger partial charge on any atom is 0.191 e. The molecule has 0 fully saturated rings. The number of rotatable bonds is 1. The lowest BCUT2D eigenvalue weighted by atomic mass is 10.0. The third-order valence-corrected chi connectivity index (χ3v) is 5.01. The summed E-state index contributed by atoms with van der Waals surface area (Å²) in [5.41, 5.74) is 0.790. The normalized spacial score (nSPS) is 18.5. The Bertz CT molecular complexity index is 867. The summed E-state index contributed by atoms with van der Waals surface area (Å²) >= 11 is 0. The fraction of sp³-hybridized carbons (Fsp3) is 0.0625. The van der Waals surface area contributed by atoms with Gasteiger partial charge >= 0.3 is 0 Å². The maximum atomic E-state index is 13.2. The predicted octanol–water partition coefficient (Wildman–Crippen LogP) is 2.88. The van der Waals surface area contributed by atoms with E-state index in [1.807, 2.05) is 0 Å². The molecule has 3 rings (SSSR count). The van der Waals surface area contributed by atoms with Crippen molar-refractivity contribution in [3.63, 3.8) is 0 Å². The lowest BCUT2D eigenvalue weighted by Gasteiger charge is -2.17. The summed E-state index contributed by atoms with van der Waals surface area (Å²) in [7, 11) is -3.54. The van der Waals surface area contributed by atoms with Gasteiger partial charge < -0.3 is 0 Å². The Labute approximate surface area is 121 Å². The van der Waals surface area contributed by atoms with Crippen LogP contribution in [0, 0.1) is 5.82 Å². The molecule has 0 saturated carbocycles. The first-order valence-electron chi connectivity index (χ1n) is 6.30. The lowest BCUT2D eigenvalue weighted by Crippen LogP contribution is -2.24. The number of benzene rings is 2. The van der Waals surface area contributed by atoms with Crippen LogP contribution in [0.5, 0.6) is 0 Å². The molecule has 0 radical (unpaired) electrons. The van der Waals surface area contributed by atoms with Crippen molar-refractivity contribution in [1.82, 2.24) is 0 Å². The van der Waals surface area contributed by atoms with E-state index in [-0.39, 0.29) is 27.6 Å². The molecule has 21 heavy (non-hydrogen) atoms. The average molecular weight is 302 g/mol. The molecule has 2 aromatic rings.